The molecule has 1 heterocycles. The van der Waals surface area contributed by atoms with Crippen LogP contribution in [0.3, 0.4) is 0 Å². The van der Waals surface area contributed by atoms with Crippen molar-refractivity contribution >= 4 is 17.5 Å². The number of piperidine rings is 1. The van der Waals surface area contributed by atoms with Crippen LogP contribution in [-0.4, -0.2) is 16.9 Å². The van der Waals surface area contributed by atoms with E-state index in [0.717, 1.165) is 25.7 Å². The summed E-state index contributed by atoms with van der Waals surface area (Å²) >= 11 is 0. The van der Waals surface area contributed by atoms with Gasteiger partial charge in [0.05, 0.1) is 5.69 Å². The average Bonchev–Trinajstić information content (AvgIpc) is 2.42. The third-order valence-corrected chi connectivity index (χ3v) is 4.90. The van der Waals surface area contributed by atoms with Crippen LogP contribution in [0.15, 0.2) is 18.2 Å². The molecule has 1 spiro atoms. The number of rotatable bonds is 1. The summed E-state index contributed by atoms with van der Waals surface area (Å²) in [5.41, 5.74) is 1.16. The van der Waals surface area contributed by atoms with E-state index in [2.05, 4.69) is 0 Å². The van der Waals surface area contributed by atoms with Gasteiger partial charge < -0.3 is 5.11 Å². The van der Waals surface area contributed by atoms with E-state index in [1.54, 1.807) is 19.1 Å². The van der Waals surface area contributed by atoms with Gasteiger partial charge in [0.25, 0.3) is 0 Å². The molecule has 2 amide bonds. The molecule has 0 radical (unpaired) electrons. The van der Waals surface area contributed by atoms with Gasteiger partial charge >= 0.3 is 0 Å². The van der Waals surface area contributed by atoms with Gasteiger partial charge in [-0.3, -0.25) is 14.5 Å². The highest BCUT2D eigenvalue weighted by atomic mass is 16.3. The molecule has 21 heavy (non-hydrogen) atoms. The number of phenols is 1. The molecule has 2 aliphatic rings. The lowest BCUT2D eigenvalue weighted by atomic mass is 9.67. The van der Waals surface area contributed by atoms with Crippen molar-refractivity contribution < 1.29 is 14.7 Å². The normalized spacial score (nSPS) is 21.9. The molecule has 2 fully saturated rings. The Morgan fingerprint density at radius 1 is 1.05 bits per heavy atom. The Kier molecular flexibility index (Phi) is 3.47. The standard InChI is InChI=1S/C17H21NO3/c1-12-9-13(5-6-14(12)19)18-15(20)10-17(11-16(18)21)7-3-2-4-8-17/h5-6,9,19H,2-4,7-8,10-11H2,1H3. The number of amides is 2. The average molecular weight is 287 g/mol. The maximum absolute atomic E-state index is 12.5. The third kappa shape index (κ3) is 2.55. The van der Waals surface area contributed by atoms with Gasteiger partial charge in [-0.1, -0.05) is 19.3 Å². The summed E-state index contributed by atoms with van der Waals surface area (Å²) in [5.74, 6) is -0.0177. The number of aromatic hydroxyl groups is 1. The van der Waals surface area contributed by atoms with E-state index in [-0.39, 0.29) is 23.0 Å². The van der Waals surface area contributed by atoms with Gasteiger partial charge in [-0.05, 0) is 48.9 Å². The monoisotopic (exact) mass is 287 g/mol. The predicted octanol–water partition coefficient (Wildman–Crippen LogP) is 3.30. The van der Waals surface area contributed by atoms with E-state index in [4.69, 9.17) is 0 Å². The number of hydrogen-bond acceptors (Lipinski definition) is 3. The molecular formula is C17H21NO3. The van der Waals surface area contributed by atoms with Crippen LogP contribution in [0.4, 0.5) is 5.69 Å². The quantitative estimate of drug-likeness (QED) is 0.806. The van der Waals surface area contributed by atoms with Crippen molar-refractivity contribution in [1.82, 2.24) is 0 Å². The number of anilines is 1. The lowest BCUT2D eigenvalue weighted by molar-refractivity contribution is -0.134. The first-order chi connectivity index (χ1) is 10.0. The molecule has 3 rings (SSSR count). The zero-order valence-electron chi connectivity index (χ0n) is 12.4. The first-order valence-corrected chi connectivity index (χ1v) is 7.66. The number of carbonyl (C=O) groups is 2. The summed E-state index contributed by atoms with van der Waals surface area (Å²) in [4.78, 5) is 26.3. The number of hydrogen-bond donors (Lipinski definition) is 1. The number of phenolic OH excluding ortho intramolecular Hbond substituents is 1. The van der Waals surface area contributed by atoms with Crippen LogP contribution < -0.4 is 4.90 Å². The molecule has 1 saturated carbocycles. The second kappa shape index (κ2) is 5.17. The minimum atomic E-state index is -0.0989. The topological polar surface area (TPSA) is 57.6 Å². The van der Waals surface area contributed by atoms with E-state index in [1.165, 1.54) is 17.4 Å². The summed E-state index contributed by atoms with van der Waals surface area (Å²) in [6.45, 7) is 1.76. The molecule has 112 valence electrons. The molecule has 0 aromatic heterocycles. The van der Waals surface area contributed by atoms with Crippen LogP contribution in [0.5, 0.6) is 5.75 Å². The lowest BCUT2D eigenvalue weighted by Crippen LogP contribution is -2.48. The fourth-order valence-corrected chi connectivity index (χ4v) is 3.72. The summed E-state index contributed by atoms with van der Waals surface area (Å²) in [7, 11) is 0. The molecule has 4 nitrogen and oxygen atoms in total. The Hall–Kier alpha value is -1.84. The van der Waals surface area contributed by atoms with Gasteiger partial charge in [0.2, 0.25) is 11.8 Å². The van der Waals surface area contributed by atoms with E-state index in [1.807, 2.05) is 0 Å². The molecule has 4 heteroatoms. The van der Waals surface area contributed by atoms with Crippen molar-refractivity contribution in [2.45, 2.75) is 51.9 Å². The van der Waals surface area contributed by atoms with Crippen LogP contribution >= 0.6 is 0 Å². The second-order valence-corrected chi connectivity index (χ2v) is 6.51. The number of imide groups is 1. The van der Waals surface area contributed by atoms with E-state index >= 15 is 0 Å². The number of carbonyl (C=O) groups excluding carboxylic acids is 2. The van der Waals surface area contributed by atoms with Gasteiger partial charge in [0, 0.05) is 12.8 Å². The highest BCUT2D eigenvalue weighted by Gasteiger charge is 2.44. The maximum atomic E-state index is 12.5. The Morgan fingerprint density at radius 3 is 2.24 bits per heavy atom. The fraction of sp³-hybridized carbons (Fsp3) is 0.529. The zero-order valence-corrected chi connectivity index (χ0v) is 12.4. The summed E-state index contributed by atoms with van der Waals surface area (Å²) in [5, 5.41) is 9.58. The Labute approximate surface area is 124 Å². The predicted molar refractivity (Wildman–Crippen MR) is 80.1 cm³/mol. The fourth-order valence-electron chi connectivity index (χ4n) is 3.72. The summed E-state index contributed by atoms with van der Waals surface area (Å²) in [6.07, 6.45) is 6.39. The second-order valence-electron chi connectivity index (χ2n) is 6.51. The van der Waals surface area contributed by atoms with Crippen LogP contribution in [0.2, 0.25) is 0 Å². The van der Waals surface area contributed by atoms with Crippen molar-refractivity contribution in [2.75, 3.05) is 4.90 Å². The first-order valence-electron chi connectivity index (χ1n) is 7.66. The highest BCUT2D eigenvalue weighted by Crippen LogP contribution is 2.46. The number of benzene rings is 1. The maximum Gasteiger partial charge on any atom is 0.234 e. The van der Waals surface area contributed by atoms with Crippen molar-refractivity contribution in [3.8, 4) is 5.75 Å². The van der Waals surface area contributed by atoms with E-state index < -0.39 is 0 Å². The van der Waals surface area contributed by atoms with Gasteiger partial charge in [-0.15, -0.1) is 0 Å². The summed E-state index contributed by atoms with van der Waals surface area (Å²) < 4.78 is 0. The first kappa shape index (κ1) is 14.1. The molecule has 0 unspecified atom stereocenters. The molecule has 1 aliphatic heterocycles. The molecule has 1 aromatic carbocycles. The largest absolute Gasteiger partial charge is 0.508 e. The molecular weight excluding hydrogens is 266 g/mol. The smallest absolute Gasteiger partial charge is 0.234 e. The van der Waals surface area contributed by atoms with Crippen molar-refractivity contribution in [3.05, 3.63) is 23.8 Å². The van der Waals surface area contributed by atoms with E-state index in [9.17, 15) is 14.7 Å². The van der Waals surface area contributed by atoms with Crippen molar-refractivity contribution in [3.63, 3.8) is 0 Å². The van der Waals surface area contributed by atoms with Gasteiger partial charge in [0.15, 0.2) is 0 Å². The van der Waals surface area contributed by atoms with Crippen molar-refractivity contribution in [2.24, 2.45) is 5.41 Å². The Balaban J connectivity index is 1.86. The van der Waals surface area contributed by atoms with Crippen LogP contribution in [0.1, 0.15) is 50.5 Å². The molecule has 0 bridgehead atoms. The minimum absolute atomic E-state index is 0.0884. The summed E-state index contributed by atoms with van der Waals surface area (Å²) in [6, 6.07) is 4.87. The molecule has 1 aliphatic carbocycles. The van der Waals surface area contributed by atoms with Crippen LogP contribution in [0.25, 0.3) is 0 Å². The van der Waals surface area contributed by atoms with E-state index in [0.29, 0.717) is 24.1 Å². The zero-order chi connectivity index (χ0) is 15.0. The van der Waals surface area contributed by atoms with Gasteiger partial charge in [0.1, 0.15) is 5.75 Å². The molecule has 1 N–H and O–H groups in total. The Bertz CT molecular complexity index is 568. The minimum Gasteiger partial charge on any atom is -0.508 e. The van der Waals surface area contributed by atoms with Crippen LogP contribution in [0, 0.1) is 12.3 Å². The SMILES string of the molecule is Cc1cc(N2C(=O)CC3(CCCCC3)CC2=O)ccc1O. The Morgan fingerprint density at radius 2 is 1.67 bits per heavy atom. The third-order valence-electron chi connectivity index (χ3n) is 4.90. The van der Waals surface area contributed by atoms with Crippen molar-refractivity contribution in [1.29, 1.82) is 0 Å². The molecule has 0 atom stereocenters. The lowest BCUT2D eigenvalue weighted by Gasteiger charge is -2.42. The molecule has 1 saturated heterocycles. The molecule has 1 aromatic rings. The number of nitrogens with zero attached hydrogens (tertiary/aromatic N) is 1. The highest BCUT2D eigenvalue weighted by molar-refractivity contribution is 6.17. The number of aryl methyl sites for hydroxylation is 1. The van der Waals surface area contributed by atoms with Gasteiger partial charge in [-0.2, -0.15) is 0 Å². The van der Waals surface area contributed by atoms with Gasteiger partial charge in [-0.25, -0.2) is 0 Å². The van der Waals surface area contributed by atoms with Crippen LogP contribution in [-0.2, 0) is 9.59 Å².